The number of quaternary nitrogens is 1. The SMILES string of the molecule is COc1ccc([N+](=O)[O-])cc1-c1ccc(C[N+]2(c3ccccc3)CCCCCC2)[nH]1. The van der Waals surface area contributed by atoms with E-state index in [1.54, 1.807) is 19.2 Å². The van der Waals surface area contributed by atoms with Gasteiger partial charge >= 0.3 is 0 Å². The number of nitrogens with one attached hydrogen (secondary N) is 1. The van der Waals surface area contributed by atoms with Gasteiger partial charge in [0.05, 0.1) is 30.8 Å². The average molecular weight is 407 g/mol. The predicted octanol–water partition coefficient (Wildman–Crippen LogP) is 5.68. The van der Waals surface area contributed by atoms with E-state index in [-0.39, 0.29) is 10.6 Å². The van der Waals surface area contributed by atoms with E-state index in [2.05, 4.69) is 41.4 Å². The fourth-order valence-electron chi connectivity index (χ4n) is 4.58. The van der Waals surface area contributed by atoms with Crippen LogP contribution in [0.4, 0.5) is 11.4 Å². The summed E-state index contributed by atoms with van der Waals surface area (Å²) in [5.74, 6) is 0.621. The second-order valence-electron chi connectivity index (χ2n) is 8.04. The van der Waals surface area contributed by atoms with E-state index in [9.17, 15) is 10.1 Å². The van der Waals surface area contributed by atoms with Gasteiger partial charge in [0.2, 0.25) is 0 Å². The standard InChI is InChI=1S/C24H28N3O3/c1-30-24-14-12-20(26(28)29)17-22(24)23-13-11-19(25-23)18-27(15-7-2-3-8-16-27)21-9-5-4-6-10-21/h4-6,9-14,17,25H,2-3,7-8,15-16,18H2,1H3/q+1. The summed E-state index contributed by atoms with van der Waals surface area (Å²) in [5, 5.41) is 11.2. The van der Waals surface area contributed by atoms with Gasteiger partial charge in [0.25, 0.3) is 5.69 Å². The lowest BCUT2D eigenvalue weighted by Gasteiger charge is -2.37. The van der Waals surface area contributed by atoms with Crippen LogP contribution in [-0.2, 0) is 6.54 Å². The quantitative estimate of drug-likeness (QED) is 0.325. The number of non-ortho nitro benzene ring substituents is 1. The molecular weight excluding hydrogens is 378 g/mol. The Morgan fingerprint density at radius 3 is 2.40 bits per heavy atom. The molecule has 0 radical (unpaired) electrons. The number of ether oxygens (including phenoxy) is 1. The fraction of sp³-hybridized carbons (Fsp3) is 0.333. The maximum absolute atomic E-state index is 11.2. The van der Waals surface area contributed by atoms with Gasteiger partial charge in [-0.25, -0.2) is 0 Å². The third-order valence-electron chi connectivity index (χ3n) is 6.13. The molecule has 1 saturated heterocycles. The van der Waals surface area contributed by atoms with Crippen LogP contribution >= 0.6 is 0 Å². The first-order valence-corrected chi connectivity index (χ1v) is 10.5. The number of nitro groups is 1. The van der Waals surface area contributed by atoms with Gasteiger partial charge in [0.1, 0.15) is 18.0 Å². The maximum atomic E-state index is 11.2. The molecular formula is C24H28N3O3+. The number of aromatic amines is 1. The van der Waals surface area contributed by atoms with Crippen LogP contribution in [0.25, 0.3) is 11.3 Å². The van der Waals surface area contributed by atoms with Crippen molar-refractivity contribution in [3.8, 4) is 17.0 Å². The summed E-state index contributed by atoms with van der Waals surface area (Å²) in [4.78, 5) is 14.4. The van der Waals surface area contributed by atoms with Crippen LogP contribution in [0.1, 0.15) is 31.4 Å². The number of likely N-dealkylation sites (tertiary alicyclic amines) is 1. The summed E-state index contributed by atoms with van der Waals surface area (Å²) in [6.45, 7) is 3.12. The summed E-state index contributed by atoms with van der Waals surface area (Å²) in [6, 6.07) is 19.6. The lowest BCUT2D eigenvalue weighted by Crippen LogP contribution is -2.49. The number of benzene rings is 2. The highest BCUT2D eigenvalue weighted by Crippen LogP contribution is 2.35. The molecule has 6 nitrogen and oxygen atoms in total. The molecule has 4 rings (SSSR count). The van der Waals surface area contributed by atoms with Crippen LogP contribution in [0.5, 0.6) is 5.75 Å². The smallest absolute Gasteiger partial charge is 0.270 e. The Bertz CT molecular complexity index is 1010. The van der Waals surface area contributed by atoms with Gasteiger partial charge < -0.3 is 9.72 Å². The molecule has 0 aliphatic carbocycles. The number of hydrogen-bond donors (Lipinski definition) is 1. The van der Waals surface area contributed by atoms with E-state index < -0.39 is 0 Å². The molecule has 2 aromatic carbocycles. The Hall–Kier alpha value is -3.12. The third kappa shape index (κ3) is 4.09. The molecule has 0 saturated carbocycles. The van der Waals surface area contributed by atoms with Crippen molar-refractivity contribution >= 4 is 11.4 Å². The molecule has 1 N–H and O–H groups in total. The number of nitro benzene ring substituents is 1. The Morgan fingerprint density at radius 1 is 1.00 bits per heavy atom. The van der Waals surface area contributed by atoms with Crippen LogP contribution in [-0.4, -0.2) is 30.1 Å². The first kappa shape index (κ1) is 20.2. The van der Waals surface area contributed by atoms with Gasteiger partial charge in [-0.1, -0.05) is 18.2 Å². The van der Waals surface area contributed by atoms with Crippen molar-refractivity contribution in [3.05, 3.63) is 76.5 Å². The summed E-state index contributed by atoms with van der Waals surface area (Å²) >= 11 is 0. The highest BCUT2D eigenvalue weighted by molar-refractivity contribution is 5.70. The Kier molecular flexibility index (Phi) is 5.86. The van der Waals surface area contributed by atoms with Gasteiger partial charge in [-0.05, 0) is 56.0 Å². The van der Waals surface area contributed by atoms with Crippen molar-refractivity contribution in [2.45, 2.75) is 32.2 Å². The highest BCUT2D eigenvalue weighted by Gasteiger charge is 2.32. The zero-order valence-electron chi connectivity index (χ0n) is 17.3. The Morgan fingerprint density at radius 2 is 1.73 bits per heavy atom. The Labute approximate surface area is 176 Å². The van der Waals surface area contributed by atoms with Gasteiger partial charge in [0.15, 0.2) is 0 Å². The summed E-state index contributed by atoms with van der Waals surface area (Å²) in [5.41, 5.74) is 4.08. The molecule has 30 heavy (non-hydrogen) atoms. The summed E-state index contributed by atoms with van der Waals surface area (Å²) in [6.07, 6.45) is 5.02. The molecule has 2 heterocycles. The number of H-pyrrole nitrogens is 1. The maximum Gasteiger partial charge on any atom is 0.270 e. The number of nitrogens with zero attached hydrogens (tertiary/aromatic N) is 2. The molecule has 0 amide bonds. The van der Waals surface area contributed by atoms with E-state index in [1.165, 1.54) is 37.4 Å². The van der Waals surface area contributed by atoms with E-state index >= 15 is 0 Å². The average Bonchev–Trinajstić information content (AvgIpc) is 3.10. The van der Waals surface area contributed by atoms with Gasteiger partial charge in [0, 0.05) is 23.4 Å². The number of aromatic nitrogens is 1. The molecule has 0 atom stereocenters. The molecule has 1 aromatic heterocycles. The van der Waals surface area contributed by atoms with E-state index in [1.807, 2.05) is 6.07 Å². The molecule has 1 fully saturated rings. The fourth-order valence-corrected chi connectivity index (χ4v) is 4.58. The number of hydrogen-bond acceptors (Lipinski definition) is 3. The normalized spacial score (nSPS) is 16.0. The molecule has 1 aliphatic rings. The molecule has 0 unspecified atom stereocenters. The topological polar surface area (TPSA) is 68.2 Å². The first-order chi connectivity index (χ1) is 14.6. The summed E-state index contributed by atoms with van der Waals surface area (Å²) in [7, 11) is 1.58. The van der Waals surface area contributed by atoms with Crippen LogP contribution < -0.4 is 9.22 Å². The van der Waals surface area contributed by atoms with Crippen LogP contribution in [0.2, 0.25) is 0 Å². The molecule has 0 bridgehead atoms. The lowest BCUT2D eigenvalue weighted by atomic mass is 10.1. The third-order valence-corrected chi connectivity index (χ3v) is 6.13. The lowest BCUT2D eigenvalue weighted by molar-refractivity contribution is -0.384. The summed E-state index contributed by atoms with van der Waals surface area (Å²) < 4.78 is 6.39. The van der Waals surface area contributed by atoms with E-state index in [0.717, 1.165) is 35.5 Å². The van der Waals surface area contributed by atoms with Gasteiger partial charge in [-0.3, -0.25) is 14.6 Å². The predicted molar refractivity (Wildman–Crippen MR) is 120 cm³/mol. The van der Waals surface area contributed by atoms with Crippen molar-refractivity contribution in [1.29, 1.82) is 0 Å². The molecule has 3 aromatic rings. The van der Waals surface area contributed by atoms with E-state index in [4.69, 9.17) is 4.74 Å². The minimum atomic E-state index is -0.375. The highest BCUT2D eigenvalue weighted by atomic mass is 16.6. The van der Waals surface area contributed by atoms with Crippen LogP contribution in [0.15, 0.2) is 60.7 Å². The largest absolute Gasteiger partial charge is 0.496 e. The zero-order valence-corrected chi connectivity index (χ0v) is 17.3. The van der Waals surface area contributed by atoms with Crippen molar-refractivity contribution in [2.24, 2.45) is 0 Å². The van der Waals surface area contributed by atoms with Crippen LogP contribution in [0, 0.1) is 10.1 Å². The molecule has 1 aliphatic heterocycles. The van der Waals surface area contributed by atoms with Gasteiger partial charge in [-0.15, -0.1) is 0 Å². The molecule has 0 spiro atoms. The second-order valence-corrected chi connectivity index (χ2v) is 8.04. The molecule has 6 heteroatoms. The minimum Gasteiger partial charge on any atom is -0.496 e. The monoisotopic (exact) mass is 406 g/mol. The second kappa shape index (κ2) is 8.71. The number of para-hydroxylation sites is 1. The van der Waals surface area contributed by atoms with Crippen molar-refractivity contribution in [1.82, 2.24) is 9.47 Å². The number of rotatable bonds is 6. The van der Waals surface area contributed by atoms with Gasteiger partial charge in [-0.2, -0.15) is 0 Å². The number of methoxy groups -OCH3 is 1. The van der Waals surface area contributed by atoms with Crippen molar-refractivity contribution in [2.75, 3.05) is 20.2 Å². The Balaban J connectivity index is 1.68. The zero-order chi connectivity index (χ0) is 21.0. The minimum absolute atomic E-state index is 0.0576. The van der Waals surface area contributed by atoms with Crippen molar-refractivity contribution < 1.29 is 9.66 Å². The first-order valence-electron chi connectivity index (χ1n) is 10.5. The van der Waals surface area contributed by atoms with Crippen LogP contribution in [0.3, 0.4) is 0 Å². The molecule has 156 valence electrons. The van der Waals surface area contributed by atoms with Crippen molar-refractivity contribution in [3.63, 3.8) is 0 Å². The van der Waals surface area contributed by atoms with E-state index in [0.29, 0.717) is 11.3 Å².